The van der Waals surface area contributed by atoms with Crippen molar-refractivity contribution in [2.24, 2.45) is 5.73 Å². The lowest BCUT2D eigenvalue weighted by Gasteiger charge is -2.36. The van der Waals surface area contributed by atoms with Crippen LogP contribution in [0.15, 0.2) is 18.3 Å². The number of nitrogens with zero attached hydrogens (tertiary/aromatic N) is 3. The molecule has 1 aromatic heterocycles. The molecule has 1 aliphatic rings. The Balaban J connectivity index is 2.12. The second-order valence-corrected chi connectivity index (χ2v) is 5.41. The summed E-state index contributed by atoms with van der Waals surface area (Å²) in [5.74, 6) is 1.03. The molecular formula is C14H24N4. The van der Waals surface area contributed by atoms with E-state index in [1.807, 2.05) is 19.2 Å². The molecule has 4 heteroatoms. The van der Waals surface area contributed by atoms with E-state index in [2.05, 4.69) is 34.9 Å². The fourth-order valence-corrected chi connectivity index (χ4v) is 2.55. The lowest BCUT2D eigenvalue weighted by Crippen LogP contribution is -2.45. The third kappa shape index (κ3) is 3.00. The number of likely N-dealkylation sites (N-methyl/N-ethyl adjacent to an activating group) is 2. The number of piperidine rings is 1. The van der Waals surface area contributed by atoms with Crippen LogP contribution in [0.25, 0.3) is 0 Å². The van der Waals surface area contributed by atoms with Gasteiger partial charge in [0.15, 0.2) is 0 Å². The summed E-state index contributed by atoms with van der Waals surface area (Å²) in [4.78, 5) is 9.16. The molecule has 0 aliphatic carbocycles. The Morgan fingerprint density at radius 1 is 1.56 bits per heavy atom. The molecule has 0 bridgehead atoms. The van der Waals surface area contributed by atoms with Crippen LogP contribution >= 0.6 is 0 Å². The van der Waals surface area contributed by atoms with Crippen molar-refractivity contribution >= 4 is 5.82 Å². The quantitative estimate of drug-likeness (QED) is 0.883. The molecule has 1 aromatic rings. The summed E-state index contributed by atoms with van der Waals surface area (Å²) in [5.41, 5.74) is 7.08. The number of rotatable bonds is 3. The van der Waals surface area contributed by atoms with Gasteiger partial charge in [0.05, 0.1) is 0 Å². The van der Waals surface area contributed by atoms with Crippen LogP contribution in [0.5, 0.6) is 0 Å². The number of hydrogen-bond donors (Lipinski definition) is 1. The summed E-state index contributed by atoms with van der Waals surface area (Å²) < 4.78 is 0. The Kier molecular flexibility index (Phi) is 4.19. The van der Waals surface area contributed by atoms with Crippen LogP contribution in [0, 0.1) is 0 Å². The topological polar surface area (TPSA) is 45.4 Å². The Morgan fingerprint density at radius 2 is 2.33 bits per heavy atom. The van der Waals surface area contributed by atoms with Gasteiger partial charge in [0, 0.05) is 31.9 Å². The van der Waals surface area contributed by atoms with Crippen molar-refractivity contribution in [3.63, 3.8) is 0 Å². The lowest BCUT2D eigenvalue weighted by molar-refractivity contribution is 0.247. The molecule has 1 saturated heterocycles. The molecule has 1 aliphatic heterocycles. The SMILES string of the molecule is C[C@H](N)c1ccnc(N(C)C2CCCN(C)C2)c1. The number of pyridine rings is 1. The molecule has 100 valence electrons. The van der Waals surface area contributed by atoms with Gasteiger partial charge in [-0.05, 0) is 51.1 Å². The van der Waals surface area contributed by atoms with Gasteiger partial charge in [0.25, 0.3) is 0 Å². The largest absolute Gasteiger partial charge is 0.355 e. The minimum Gasteiger partial charge on any atom is -0.355 e. The first-order valence-electron chi connectivity index (χ1n) is 6.71. The zero-order valence-corrected chi connectivity index (χ0v) is 11.6. The summed E-state index contributed by atoms with van der Waals surface area (Å²) in [6.07, 6.45) is 4.36. The van der Waals surface area contributed by atoms with E-state index in [9.17, 15) is 0 Å². The van der Waals surface area contributed by atoms with E-state index in [1.165, 1.54) is 19.4 Å². The Hall–Kier alpha value is -1.13. The van der Waals surface area contributed by atoms with Crippen molar-refractivity contribution in [3.05, 3.63) is 23.9 Å². The summed E-state index contributed by atoms with van der Waals surface area (Å²) >= 11 is 0. The van der Waals surface area contributed by atoms with Crippen molar-refractivity contribution < 1.29 is 0 Å². The number of likely N-dealkylation sites (tertiary alicyclic amines) is 1. The van der Waals surface area contributed by atoms with Crippen molar-refractivity contribution in [2.45, 2.75) is 31.8 Å². The molecule has 18 heavy (non-hydrogen) atoms. The number of aromatic nitrogens is 1. The zero-order valence-electron chi connectivity index (χ0n) is 11.6. The van der Waals surface area contributed by atoms with E-state index in [4.69, 9.17) is 5.73 Å². The standard InChI is InChI=1S/C14H24N4/c1-11(15)12-6-7-16-14(9-12)18(3)13-5-4-8-17(2)10-13/h6-7,9,11,13H,4-5,8,10,15H2,1-3H3/t11-,13?/m0/s1. The normalized spacial score (nSPS) is 22.8. The molecule has 1 fully saturated rings. The molecule has 2 N–H and O–H groups in total. The van der Waals surface area contributed by atoms with Crippen molar-refractivity contribution in [3.8, 4) is 0 Å². The van der Waals surface area contributed by atoms with Crippen LogP contribution in [0.4, 0.5) is 5.82 Å². The summed E-state index contributed by atoms with van der Waals surface area (Å²) in [7, 11) is 4.32. The number of hydrogen-bond acceptors (Lipinski definition) is 4. The summed E-state index contributed by atoms with van der Waals surface area (Å²) in [6.45, 7) is 4.33. The first-order chi connectivity index (χ1) is 8.58. The van der Waals surface area contributed by atoms with Crippen LogP contribution in [0.2, 0.25) is 0 Å². The van der Waals surface area contributed by atoms with Crippen LogP contribution in [0.1, 0.15) is 31.4 Å². The zero-order chi connectivity index (χ0) is 13.1. The van der Waals surface area contributed by atoms with E-state index >= 15 is 0 Å². The van der Waals surface area contributed by atoms with Gasteiger partial charge in [-0.15, -0.1) is 0 Å². The minimum atomic E-state index is 0.0641. The maximum Gasteiger partial charge on any atom is 0.128 e. The molecule has 0 aromatic carbocycles. The third-order valence-electron chi connectivity index (χ3n) is 3.80. The molecule has 2 heterocycles. The highest BCUT2D eigenvalue weighted by Crippen LogP contribution is 2.21. The van der Waals surface area contributed by atoms with E-state index in [0.29, 0.717) is 6.04 Å². The molecule has 2 rings (SSSR count). The highest BCUT2D eigenvalue weighted by molar-refractivity contribution is 5.42. The molecule has 0 radical (unpaired) electrons. The molecule has 2 atom stereocenters. The van der Waals surface area contributed by atoms with Gasteiger partial charge in [-0.2, -0.15) is 0 Å². The van der Waals surface area contributed by atoms with Gasteiger partial charge in [0.2, 0.25) is 0 Å². The average molecular weight is 248 g/mol. The lowest BCUT2D eigenvalue weighted by atomic mass is 10.0. The highest BCUT2D eigenvalue weighted by Gasteiger charge is 2.22. The molecule has 0 spiro atoms. The predicted octanol–water partition coefficient (Wildman–Crippen LogP) is 1.63. The van der Waals surface area contributed by atoms with Gasteiger partial charge in [-0.3, -0.25) is 0 Å². The molecule has 4 nitrogen and oxygen atoms in total. The second kappa shape index (κ2) is 5.67. The average Bonchev–Trinajstić information content (AvgIpc) is 2.38. The molecular weight excluding hydrogens is 224 g/mol. The maximum absolute atomic E-state index is 5.93. The molecule has 0 saturated carbocycles. The number of anilines is 1. The van der Waals surface area contributed by atoms with E-state index in [1.54, 1.807) is 0 Å². The van der Waals surface area contributed by atoms with Crippen molar-refractivity contribution in [1.82, 2.24) is 9.88 Å². The van der Waals surface area contributed by atoms with Gasteiger partial charge >= 0.3 is 0 Å². The summed E-state index contributed by atoms with van der Waals surface area (Å²) in [5, 5.41) is 0. The van der Waals surface area contributed by atoms with Crippen molar-refractivity contribution in [2.75, 3.05) is 32.1 Å². The molecule has 0 amide bonds. The van der Waals surface area contributed by atoms with Gasteiger partial charge in [0.1, 0.15) is 5.82 Å². The fourth-order valence-electron chi connectivity index (χ4n) is 2.55. The van der Waals surface area contributed by atoms with E-state index in [-0.39, 0.29) is 6.04 Å². The smallest absolute Gasteiger partial charge is 0.128 e. The fraction of sp³-hybridized carbons (Fsp3) is 0.643. The predicted molar refractivity (Wildman–Crippen MR) is 75.8 cm³/mol. The van der Waals surface area contributed by atoms with Crippen LogP contribution in [-0.4, -0.2) is 43.1 Å². The van der Waals surface area contributed by atoms with Gasteiger partial charge in [-0.1, -0.05) is 0 Å². The highest BCUT2D eigenvalue weighted by atomic mass is 15.2. The van der Waals surface area contributed by atoms with Gasteiger partial charge in [-0.25, -0.2) is 4.98 Å². The maximum atomic E-state index is 5.93. The van der Waals surface area contributed by atoms with Crippen molar-refractivity contribution in [1.29, 1.82) is 0 Å². The second-order valence-electron chi connectivity index (χ2n) is 5.41. The van der Waals surface area contributed by atoms with E-state index < -0.39 is 0 Å². The van der Waals surface area contributed by atoms with Crippen LogP contribution < -0.4 is 10.6 Å². The Labute approximate surface area is 110 Å². The molecule has 1 unspecified atom stereocenters. The van der Waals surface area contributed by atoms with Crippen LogP contribution in [0.3, 0.4) is 0 Å². The third-order valence-corrected chi connectivity index (χ3v) is 3.80. The summed E-state index contributed by atoms with van der Waals surface area (Å²) in [6, 6.07) is 4.72. The van der Waals surface area contributed by atoms with E-state index in [0.717, 1.165) is 17.9 Å². The Morgan fingerprint density at radius 3 is 3.00 bits per heavy atom. The Bertz CT molecular complexity index is 391. The van der Waals surface area contributed by atoms with Gasteiger partial charge < -0.3 is 15.5 Å². The first kappa shape index (κ1) is 13.3. The minimum absolute atomic E-state index is 0.0641. The van der Waals surface area contributed by atoms with Crippen LogP contribution in [-0.2, 0) is 0 Å². The first-order valence-corrected chi connectivity index (χ1v) is 6.71. The monoisotopic (exact) mass is 248 g/mol. The number of nitrogens with two attached hydrogens (primary N) is 1.